The van der Waals surface area contributed by atoms with Crippen molar-refractivity contribution in [1.29, 1.82) is 0 Å². The molecule has 1 aromatic heterocycles. The van der Waals surface area contributed by atoms with Crippen molar-refractivity contribution in [3.63, 3.8) is 0 Å². The van der Waals surface area contributed by atoms with E-state index in [1.807, 2.05) is 30.3 Å². The number of nitrogens with zero attached hydrogens (tertiary/aromatic N) is 2. The zero-order chi connectivity index (χ0) is 18.0. The Balaban J connectivity index is 2.41. The SMILES string of the molecule is CC(O)C#Cc1cccc2nc([C@H](C)N)n(-c3ccccc3)c(=O)c12. The Hall–Kier alpha value is -2.94. The average Bonchev–Trinajstić information content (AvgIpc) is 2.60. The highest BCUT2D eigenvalue weighted by molar-refractivity contribution is 5.84. The number of benzene rings is 2. The van der Waals surface area contributed by atoms with Crippen molar-refractivity contribution in [3.05, 3.63) is 70.3 Å². The minimum atomic E-state index is -0.775. The second-order valence-electron chi connectivity index (χ2n) is 5.88. The third-order valence-corrected chi connectivity index (χ3v) is 3.76. The van der Waals surface area contributed by atoms with Gasteiger partial charge in [0.1, 0.15) is 11.9 Å². The molecule has 3 N–H and O–H groups in total. The molecule has 25 heavy (non-hydrogen) atoms. The lowest BCUT2D eigenvalue weighted by molar-refractivity contribution is 0.253. The maximum absolute atomic E-state index is 13.3. The summed E-state index contributed by atoms with van der Waals surface area (Å²) in [7, 11) is 0. The van der Waals surface area contributed by atoms with E-state index in [1.54, 1.807) is 32.0 Å². The first kappa shape index (κ1) is 16.9. The van der Waals surface area contributed by atoms with E-state index in [4.69, 9.17) is 5.73 Å². The molecule has 0 saturated heterocycles. The van der Waals surface area contributed by atoms with Gasteiger partial charge in [-0.25, -0.2) is 4.98 Å². The Labute approximate surface area is 145 Å². The molecule has 1 unspecified atom stereocenters. The molecule has 5 heteroatoms. The number of rotatable bonds is 2. The molecule has 2 aromatic carbocycles. The molecule has 2 atom stereocenters. The van der Waals surface area contributed by atoms with Crippen molar-refractivity contribution in [2.45, 2.75) is 26.0 Å². The van der Waals surface area contributed by atoms with Gasteiger partial charge in [-0.05, 0) is 38.1 Å². The highest BCUT2D eigenvalue weighted by Crippen LogP contribution is 2.18. The summed E-state index contributed by atoms with van der Waals surface area (Å²) in [4.78, 5) is 17.9. The fourth-order valence-corrected chi connectivity index (χ4v) is 2.67. The molecule has 0 spiro atoms. The summed E-state index contributed by atoms with van der Waals surface area (Å²) in [5.74, 6) is 6.04. The van der Waals surface area contributed by atoms with Crippen molar-refractivity contribution in [1.82, 2.24) is 9.55 Å². The number of hydrogen-bond donors (Lipinski definition) is 2. The van der Waals surface area contributed by atoms with Crippen LogP contribution in [0, 0.1) is 11.8 Å². The predicted octanol–water partition coefficient (Wildman–Crippen LogP) is 2.14. The number of para-hydroxylation sites is 1. The molecule has 0 amide bonds. The summed E-state index contributed by atoms with van der Waals surface area (Å²) in [6.07, 6.45) is -0.775. The summed E-state index contributed by atoms with van der Waals surface area (Å²) in [6, 6.07) is 14.2. The molecule has 126 valence electrons. The van der Waals surface area contributed by atoms with Crippen LogP contribution in [0.1, 0.15) is 31.3 Å². The molecule has 5 nitrogen and oxygen atoms in total. The first-order chi connectivity index (χ1) is 12.0. The molecule has 0 radical (unpaired) electrons. The maximum Gasteiger partial charge on any atom is 0.267 e. The molecule has 1 heterocycles. The van der Waals surface area contributed by atoms with E-state index in [-0.39, 0.29) is 5.56 Å². The molecular weight excluding hydrogens is 314 g/mol. The quantitative estimate of drug-likeness (QED) is 0.704. The summed E-state index contributed by atoms with van der Waals surface area (Å²) < 4.78 is 1.53. The monoisotopic (exact) mass is 333 g/mol. The first-order valence-electron chi connectivity index (χ1n) is 8.05. The van der Waals surface area contributed by atoms with Crippen molar-refractivity contribution in [3.8, 4) is 17.5 Å². The van der Waals surface area contributed by atoms with Crippen molar-refractivity contribution < 1.29 is 5.11 Å². The average molecular weight is 333 g/mol. The third-order valence-electron chi connectivity index (χ3n) is 3.76. The predicted molar refractivity (Wildman–Crippen MR) is 98.5 cm³/mol. The van der Waals surface area contributed by atoms with Crippen LogP contribution >= 0.6 is 0 Å². The van der Waals surface area contributed by atoms with E-state index >= 15 is 0 Å². The fraction of sp³-hybridized carbons (Fsp3) is 0.200. The van der Waals surface area contributed by atoms with E-state index < -0.39 is 12.1 Å². The summed E-state index contributed by atoms with van der Waals surface area (Å²) in [5.41, 5.74) is 7.63. The van der Waals surface area contributed by atoms with Crippen LogP contribution in [0.5, 0.6) is 0 Å². The van der Waals surface area contributed by atoms with Gasteiger partial charge in [-0.3, -0.25) is 9.36 Å². The number of fused-ring (bicyclic) bond motifs is 1. The van der Waals surface area contributed by atoms with Gasteiger partial charge in [-0.15, -0.1) is 0 Å². The van der Waals surface area contributed by atoms with E-state index in [1.165, 1.54) is 4.57 Å². The maximum atomic E-state index is 13.3. The second-order valence-corrected chi connectivity index (χ2v) is 5.88. The van der Waals surface area contributed by atoms with Gasteiger partial charge >= 0.3 is 0 Å². The Morgan fingerprint density at radius 1 is 1.12 bits per heavy atom. The van der Waals surface area contributed by atoms with Crippen LogP contribution in [0.15, 0.2) is 53.3 Å². The topological polar surface area (TPSA) is 81.1 Å². The molecule has 0 saturated carbocycles. The Morgan fingerprint density at radius 2 is 1.84 bits per heavy atom. The third kappa shape index (κ3) is 3.31. The number of aliphatic hydroxyl groups excluding tert-OH is 1. The Bertz CT molecular complexity index is 1030. The smallest absolute Gasteiger partial charge is 0.267 e. The lowest BCUT2D eigenvalue weighted by atomic mass is 10.1. The summed E-state index contributed by atoms with van der Waals surface area (Å²) in [6.45, 7) is 3.37. The second kappa shape index (κ2) is 6.89. The molecule has 0 fully saturated rings. The molecule has 0 aliphatic carbocycles. The highest BCUT2D eigenvalue weighted by atomic mass is 16.3. The minimum Gasteiger partial charge on any atom is -0.381 e. The number of nitrogens with two attached hydrogens (primary N) is 1. The van der Waals surface area contributed by atoms with Crippen LogP contribution in [0.4, 0.5) is 0 Å². The number of hydrogen-bond acceptors (Lipinski definition) is 4. The normalized spacial score (nSPS) is 13.1. The van der Waals surface area contributed by atoms with Crippen LogP contribution in [-0.2, 0) is 0 Å². The molecule has 0 bridgehead atoms. The van der Waals surface area contributed by atoms with Crippen molar-refractivity contribution in [2.24, 2.45) is 5.73 Å². The minimum absolute atomic E-state index is 0.223. The van der Waals surface area contributed by atoms with Gasteiger partial charge in [0.15, 0.2) is 0 Å². The van der Waals surface area contributed by atoms with E-state index in [9.17, 15) is 9.90 Å². The van der Waals surface area contributed by atoms with E-state index in [2.05, 4.69) is 16.8 Å². The van der Waals surface area contributed by atoms with Gasteiger partial charge in [0.2, 0.25) is 0 Å². The van der Waals surface area contributed by atoms with E-state index in [0.29, 0.717) is 28.0 Å². The molecule has 0 aliphatic rings. The summed E-state index contributed by atoms with van der Waals surface area (Å²) in [5, 5.41) is 9.84. The van der Waals surface area contributed by atoms with Gasteiger partial charge in [0.25, 0.3) is 5.56 Å². The van der Waals surface area contributed by atoms with Crippen molar-refractivity contribution >= 4 is 10.9 Å². The lowest BCUT2D eigenvalue weighted by Crippen LogP contribution is -2.28. The van der Waals surface area contributed by atoms with Gasteiger partial charge in [0.05, 0.1) is 22.6 Å². The van der Waals surface area contributed by atoms with Gasteiger partial charge < -0.3 is 10.8 Å². The lowest BCUT2D eigenvalue weighted by Gasteiger charge is -2.16. The van der Waals surface area contributed by atoms with Gasteiger partial charge in [-0.1, -0.05) is 36.1 Å². The van der Waals surface area contributed by atoms with Crippen LogP contribution in [0.25, 0.3) is 16.6 Å². The van der Waals surface area contributed by atoms with E-state index in [0.717, 1.165) is 0 Å². The van der Waals surface area contributed by atoms with Crippen LogP contribution in [0.3, 0.4) is 0 Å². The van der Waals surface area contributed by atoms with Gasteiger partial charge in [0, 0.05) is 5.56 Å². The molecule has 0 aliphatic heterocycles. The Kier molecular flexibility index (Phi) is 4.66. The van der Waals surface area contributed by atoms with Crippen molar-refractivity contribution in [2.75, 3.05) is 0 Å². The van der Waals surface area contributed by atoms with Crippen LogP contribution in [0.2, 0.25) is 0 Å². The zero-order valence-electron chi connectivity index (χ0n) is 14.1. The number of aromatic nitrogens is 2. The van der Waals surface area contributed by atoms with Crippen LogP contribution < -0.4 is 11.3 Å². The molecule has 3 aromatic rings. The zero-order valence-corrected chi connectivity index (χ0v) is 14.1. The van der Waals surface area contributed by atoms with Gasteiger partial charge in [-0.2, -0.15) is 0 Å². The highest BCUT2D eigenvalue weighted by Gasteiger charge is 2.17. The number of aliphatic hydroxyl groups is 1. The fourth-order valence-electron chi connectivity index (χ4n) is 2.67. The Morgan fingerprint density at radius 3 is 2.48 bits per heavy atom. The first-order valence-corrected chi connectivity index (χ1v) is 8.05. The molecular formula is C20H19N3O2. The molecule has 3 rings (SSSR count). The summed E-state index contributed by atoms with van der Waals surface area (Å²) >= 11 is 0. The largest absolute Gasteiger partial charge is 0.381 e. The van der Waals surface area contributed by atoms with Crippen LogP contribution in [-0.4, -0.2) is 20.8 Å². The standard InChI is InChI=1S/C20H19N3O2/c1-13(24)11-12-15-7-6-10-17-18(15)20(25)23(19(22-17)14(2)21)16-8-4-3-5-9-16/h3-10,13-14,24H,21H2,1-2H3/t13?,14-/m0/s1.